The van der Waals surface area contributed by atoms with E-state index >= 15 is 0 Å². The highest BCUT2D eigenvalue weighted by Crippen LogP contribution is 2.56. The summed E-state index contributed by atoms with van der Waals surface area (Å²) < 4.78 is 0. The molecule has 2 aromatic rings. The molecular formula is C21H20N2O3. The van der Waals surface area contributed by atoms with Crippen LogP contribution in [0.1, 0.15) is 35.6 Å². The van der Waals surface area contributed by atoms with Crippen LogP contribution in [0.4, 0.5) is 5.69 Å². The van der Waals surface area contributed by atoms with Crippen molar-refractivity contribution in [2.45, 2.75) is 36.8 Å². The van der Waals surface area contributed by atoms with Crippen molar-refractivity contribution < 1.29 is 14.7 Å². The summed E-state index contributed by atoms with van der Waals surface area (Å²) in [5.41, 5.74) is 3.97. The van der Waals surface area contributed by atoms with Crippen LogP contribution >= 0.6 is 0 Å². The van der Waals surface area contributed by atoms with Crippen LogP contribution in [-0.2, 0) is 21.4 Å². The molecule has 2 aromatic carbocycles. The number of benzene rings is 2. The standard InChI is InChI=1S/C21H20N2O3/c24-17-11-13-5-1-2-6-14(13)18(17)22-19(25)20(26)23-12-21(9-10-21)15-7-3-4-8-16(15)23/h1-8,17-18,24H,9-12H2,(H,22,25)/t17-,18+/m1/s1. The van der Waals surface area contributed by atoms with Crippen molar-refractivity contribution in [2.24, 2.45) is 0 Å². The molecule has 0 saturated heterocycles. The summed E-state index contributed by atoms with van der Waals surface area (Å²) >= 11 is 0. The van der Waals surface area contributed by atoms with Crippen LogP contribution in [0.3, 0.4) is 0 Å². The molecule has 0 unspecified atom stereocenters. The SMILES string of the molecule is O=C(N[C@H]1c2ccccc2C[C@H]1O)C(=O)N1CC2(CC2)c2ccccc21. The Labute approximate surface area is 151 Å². The van der Waals surface area contributed by atoms with Crippen LogP contribution in [0.2, 0.25) is 0 Å². The number of aliphatic hydroxyl groups excluding tert-OH is 1. The number of nitrogens with one attached hydrogen (secondary N) is 1. The summed E-state index contributed by atoms with van der Waals surface area (Å²) in [6.07, 6.45) is 1.91. The molecule has 1 heterocycles. The van der Waals surface area contributed by atoms with Crippen LogP contribution in [0.5, 0.6) is 0 Å². The second-order valence-corrected chi connectivity index (χ2v) is 7.61. The van der Waals surface area contributed by atoms with Gasteiger partial charge in [-0.05, 0) is 35.6 Å². The van der Waals surface area contributed by atoms with Gasteiger partial charge in [-0.15, -0.1) is 0 Å². The van der Waals surface area contributed by atoms with E-state index in [0.29, 0.717) is 13.0 Å². The van der Waals surface area contributed by atoms with E-state index in [1.807, 2.05) is 42.5 Å². The first-order valence-electron chi connectivity index (χ1n) is 9.07. The number of carbonyl (C=O) groups excluding carboxylic acids is 2. The molecule has 26 heavy (non-hydrogen) atoms. The van der Waals surface area contributed by atoms with Crippen molar-refractivity contribution >= 4 is 17.5 Å². The van der Waals surface area contributed by atoms with Gasteiger partial charge in [0, 0.05) is 24.1 Å². The molecule has 3 aliphatic rings. The molecule has 132 valence electrons. The molecule has 2 atom stereocenters. The molecule has 1 aliphatic heterocycles. The fourth-order valence-electron chi connectivity index (χ4n) is 4.46. The number of anilines is 1. The van der Waals surface area contributed by atoms with Crippen LogP contribution in [0, 0.1) is 0 Å². The number of rotatable bonds is 1. The Kier molecular flexibility index (Phi) is 3.25. The summed E-state index contributed by atoms with van der Waals surface area (Å²) in [6, 6.07) is 15.0. The molecule has 1 spiro atoms. The zero-order valence-corrected chi connectivity index (χ0v) is 14.3. The van der Waals surface area contributed by atoms with Gasteiger partial charge < -0.3 is 15.3 Å². The van der Waals surface area contributed by atoms with Crippen molar-refractivity contribution in [2.75, 3.05) is 11.4 Å². The molecule has 0 radical (unpaired) electrons. The maximum absolute atomic E-state index is 12.9. The lowest BCUT2D eigenvalue weighted by Gasteiger charge is -2.21. The lowest BCUT2D eigenvalue weighted by atomic mass is 9.99. The number of hydrogen-bond acceptors (Lipinski definition) is 3. The first-order valence-corrected chi connectivity index (χ1v) is 9.07. The van der Waals surface area contributed by atoms with Crippen molar-refractivity contribution in [3.05, 3.63) is 65.2 Å². The normalized spacial score (nSPS) is 24.3. The molecule has 1 fully saturated rings. The Morgan fingerprint density at radius 1 is 1.08 bits per heavy atom. The van der Waals surface area contributed by atoms with E-state index in [1.165, 1.54) is 5.56 Å². The maximum atomic E-state index is 12.9. The second kappa shape index (κ2) is 5.42. The number of amides is 2. The first kappa shape index (κ1) is 15.6. The van der Waals surface area contributed by atoms with E-state index in [4.69, 9.17) is 0 Å². The maximum Gasteiger partial charge on any atom is 0.316 e. The Morgan fingerprint density at radius 2 is 1.81 bits per heavy atom. The molecule has 5 rings (SSSR count). The zero-order valence-electron chi connectivity index (χ0n) is 14.3. The Hall–Kier alpha value is -2.66. The minimum absolute atomic E-state index is 0.0476. The zero-order chi connectivity index (χ0) is 17.9. The summed E-state index contributed by atoms with van der Waals surface area (Å²) in [4.78, 5) is 27.1. The smallest absolute Gasteiger partial charge is 0.316 e. The van der Waals surface area contributed by atoms with Gasteiger partial charge in [-0.25, -0.2) is 0 Å². The third kappa shape index (κ3) is 2.20. The highest BCUT2D eigenvalue weighted by Gasteiger charge is 2.53. The van der Waals surface area contributed by atoms with Crippen LogP contribution < -0.4 is 10.2 Å². The Balaban J connectivity index is 1.38. The van der Waals surface area contributed by atoms with Crippen LogP contribution in [0.25, 0.3) is 0 Å². The average molecular weight is 348 g/mol. The predicted molar refractivity (Wildman–Crippen MR) is 96.7 cm³/mol. The second-order valence-electron chi connectivity index (χ2n) is 7.61. The van der Waals surface area contributed by atoms with Crippen molar-refractivity contribution in [3.8, 4) is 0 Å². The number of carbonyl (C=O) groups is 2. The first-order chi connectivity index (χ1) is 12.6. The summed E-state index contributed by atoms with van der Waals surface area (Å²) in [5.74, 6) is -1.20. The van der Waals surface area contributed by atoms with Gasteiger partial charge in [0.15, 0.2) is 0 Å². The Morgan fingerprint density at radius 3 is 2.62 bits per heavy atom. The number of para-hydroxylation sites is 1. The lowest BCUT2D eigenvalue weighted by Crippen LogP contribution is -2.46. The Bertz CT molecular complexity index is 919. The molecule has 5 nitrogen and oxygen atoms in total. The number of hydrogen-bond donors (Lipinski definition) is 2. The van der Waals surface area contributed by atoms with Crippen molar-refractivity contribution in [3.63, 3.8) is 0 Å². The van der Waals surface area contributed by atoms with Gasteiger partial charge in [0.25, 0.3) is 0 Å². The van der Waals surface area contributed by atoms with E-state index in [1.54, 1.807) is 4.90 Å². The average Bonchev–Trinajstić information content (AvgIpc) is 3.27. The fourth-order valence-corrected chi connectivity index (χ4v) is 4.46. The van der Waals surface area contributed by atoms with E-state index in [-0.39, 0.29) is 5.41 Å². The monoisotopic (exact) mass is 348 g/mol. The van der Waals surface area contributed by atoms with Gasteiger partial charge in [-0.2, -0.15) is 0 Å². The van der Waals surface area contributed by atoms with E-state index in [2.05, 4.69) is 11.4 Å². The number of nitrogens with zero attached hydrogens (tertiary/aromatic N) is 1. The van der Waals surface area contributed by atoms with E-state index in [0.717, 1.165) is 29.7 Å². The minimum Gasteiger partial charge on any atom is -0.390 e. The van der Waals surface area contributed by atoms with Gasteiger partial charge >= 0.3 is 11.8 Å². The molecule has 5 heteroatoms. The quantitative estimate of drug-likeness (QED) is 0.773. The molecule has 2 N–H and O–H groups in total. The van der Waals surface area contributed by atoms with Gasteiger partial charge in [0.1, 0.15) is 0 Å². The molecule has 0 aromatic heterocycles. The number of fused-ring (bicyclic) bond motifs is 3. The van der Waals surface area contributed by atoms with Crippen LogP contribution in [-0.4, -0.2) is 29.6 Å². The summed E-state index contributed by atoms with van der Waals surface area (Å²) in [6.45, 7) is 0.572. The van der Waals surface area contributed by atoms with Gasteiger partial charge in [0.2, 0.25) is 0 Å². The largest absolute Gasteiger partial charge is 0.390 e. The molecular weight excluding hydrogens is 328 g/mol. The van der Waals surface area contributed by atoms with Gasteiger partial charge in [-0.1, -0.05) is 42.5 Å². The molecule has 1 saturated carbocycles. The third-order valence-corrected chi connectivity index (χ3v) is 6.01. The van der Waals surface area contributed by atoms with Gasteiger partial charge in [-0.3, -0.25) is 9.59 Å². The predicted octanol–water partition coefficient (Wildman–Crippen LogP) is 1.84. The van der Waals surface area contributed by atoms with E-state index < -0.39 is 24.0 Å². The molecule has 2 amide bonds. The lowest BCUT2D eigenvalue weighted by molar-refractivity contribution is -0.138. The highest BCUT2D eigenvalue weighted by molar-refractivity contribution is 6.40. The number of aliphatic hydroxyl groups is 1. The van der Waals surface area contributed by atoms with E-state index in [9.17, 15) is 14.7 Å². The molecule has 0 bridgehead atoms. The minimum atomic E-state index is -0.704. The van der Waals surface area contributed by atoms with Crippen molar-refractivity contribution in [1.82, 2.24) is 5.32 Å². The fraction of sp³-hybridized carbons (Fsp3) is 0.333. The topological polar surface area (TPSA) is 69.6 Å². The van der Waals surface area contributed by atoms with Crippen LogP contribution in [0.15, 0.2) is 48.5 Å². The van der Waals surface area contributed by atoms with Crippen molar-refractivity contribution in [1.29, 1.82) is 0 Å². The van der Waals surface area contributed by atoms with Gasteiger partial charge in [0.05, 0.1) is 12.1 Å². The highest BCUT2D eigenvalue weighted by atomic mass is 16.3. The summed E-state index contributed by atoms with van der Waals surface area (Å²) in [5, 5.41) is 13.1. The third-order valence-electron chi connectivity index (χ3n) is 6.01. The molecule has 2 aliphatic carbocycles. The summed E-state index contributed by atoms with van der Waals surface area (Å²) in [7, 11) is 0.